The van der Waals surface area contributed by atoms with Crippen molar-refractivity contribution in [2.45, 2.75) is 30.1 Å². The number of hydrogen-bond acceptors (Lipinski definition) is 7. The number of benzene rings is 2. The second-order valence-corrected chi connectivity index (χ2v) is 9.95. The zero-order chi connectivity index (χ0) is 25.3. The predicted molar refractivity (Wildman–Crippen MR) is 117 cm³/mol. The van der Waals surface area contributed by atoms with Crippen LogP contribution in [0.2, 0.25) is 0 Å². The number of carbonyl (C=O) groups is 1. The van der Waals surface area contributed by atoms with Gasteiger partial charge in [-0.2, -0.15) is 0 Å². The summed E-state index contributed by atoms with van der Waals surface area (Å²) in [6.07, 6.45) is -3.95. The molecular formula is C20H20BrF3N2O7S. The zero-order valence-corrected chi connectivity index (χ0v) is 20.0. The van der Waals surface area contributed by atoms with Crippen LogP contribution in [-0.4, -0.2) is 62.1 Å². The lowest BCUT2D eigenvalue weighted by Gasteiger charge is -2.25. The Labute approximate surface area is 201 Å². The Morgan fingerprint density at radius 1 is 1.26 bits per heavy atom. The number of rotatable bonds is 7. The molecular weight excluding hydrogens is 549 g/mol. The maximum atomic E-state index is 13.1. The number of likely N-dealkylation sites (tertiary alicyclic amines) is 1. The van der Waals surface area contributed by atoms with Crippen LogP contribution < -0.4 is 9.46 Å². The summed E-state index contributed by atoms with van der Waals surface area (Å²) in [6, 6.07) is 4.40. The van der Waals surface area contributed by atoms with Gasteiger partial charge in [0.25, 0.3) is 15.9 Å². The molecule has 3 N–H and O–H groups in total. The number of phenolic OH excluding ortho intramolecular Hbond substituents is 2. The molecule has 0 radical (unpaired) electrons. The van der Waals surface area contributed by atoms with Crippen LogP contribution in [0.15, 0.2) is 39.7 Å². The van der Waals surface area contributed by atoms with Crippen LogP contribution in [0.4, 0.5) is 18.9 Å². The number of anilines is 1. The third-order valence-corrected chi connectivity index (χ3v) is 6.89. The molecule has 1 aliphatic rings. The van der Waals surface area contributed by atoms with Gasteiger partial charge in [-0.05, 0) is 37.1 Å². The van der Waals surface area contributed by atoms with Crippen LogP contribution >= 0.6 is 15.9 Å². The first-order valence-electron chi connectivity index (χ1n) is 9.76. The van der Waals surface area contributed by atoms with Gasteiger partial charge in [-0.3, -0.25) is 9.52 Å². The fraction of sp³-hybridized carbons (Fsp3) is 0.350. The topological polar surface area (TPSA) is 125 Å². The summed E-state index contributed by atoms with van der Waals surface area (Å²) in [5, 5.41) is 20.6. The van der Waals surface area contributed by atoms with Crippen molar-refractivity contribution in [1.29, 1.82) is 0 Å². The first-order valence-corrected chi connectivity index (χ1v) is 12.0. The average molecular weight is 569 g/mol. The lowest BCUT2D eigenvalue weighted by molar-refractivity contribution is -0.274. The standard InChI is InChI=1S/C20H20BrF3N2O7S/c1-32-10-12-3-2-6-26(12)19(29)14-8-13(33-20(22,23)24)9-15(18(14)28)25-34(30,31)17-7-11(21)4-5-16(17)27/h4-5,7-9,12,25,27-28H,2-3,6,10H2,1H3/t12-/m0/s1. The number of nitrogens with one attached hydrogen (secondary N) is 1. The van der Waals surface area contributed by atoms with Crippen molar-refractivity contribution in [2.24, 2.45) is 0 Å². The minimum atomic E-state index is -5.15. The Kier molecular flexibility index (Phi) is 7.53. The highest BCUT2D eigenvalue weighted by atomic mass is 79.9. The predicted octanol–water partition coefficient (Wildman–Crippen LogP) is 3.81. The Balaban J connectivity index is 2.07. The van der Waals surface area contributed by atoms with Crippen molar-refractivity contribution in [2.75, 3.05) is 25.0 Å². The minimum absolute atomic E-state index is 0.174. The Hall–Kier alpha value is -2.71. The summed E-state index contributed by atoms with van der Waals surface area (Å²) in [7, 11) is -3.17. The zero-order valence-electron chi connectivity index (χ0n) is 17.6. The lowest BCUT2D eigenvalue weighted by Crippen LogP contribution is -2.38. The van der Waals surface area contributed by atoms with Gasteiger partial charge >= 0.3 is 6.36 Å². The molecule has 0 saturated carbocycles. The lowest BCUT2D eigenvalue weighted by atomic mass is 10.1. The molecule has 0 unspecified atom stereocenters. The van der Waals surface area contributed by atoms with Gasteiger partial charge in [0.1, 0.15) is 16.4 Å². The van der Waals surface area contributed by atoms with Gasteiger partial charge in [-0.25, -0.2) is 8.42 Å². The molecule has 34 heavy (non-hydrogen) atoms. The Bertz CT molecular complexity index is 1190. The monoisotopic (exact) mass is 568 g/mol. The largest absolute Gasteiger partial charge is 0.573 e. The summed E-state index contributed by atoms with van der Waals surface area (Å²) in [5.41, 5.74) is -1.34. The molecule has 0 aromatic heterocycles. The van der Waals surface area contributed by atoms with E-state index in [1.807, 2.05) is 4.72 Å². The third kappa shape index (κ3) is 5.85. The van der Waals surface area contributed by atoms with E-state index in [1.54, 1.807) is 0 Å². The molecule has 14 heteroatoms. The second kappa shape index (κ2) is 9.88. The highest BCUT2D eigenvalue weighted by Crippen LogP contribution is 2.39. The molecule has 1 heterocycles. The van der Waals surface area contributed by atoms with E-state index in [-0.39, 0.29) is 23.7 Å². The van der Waals surface area contributed by atoms with Crippen molar-refractivity contribution in [1.82, 2.24) is 4.90 Å². The van der Waals surface area contributed by atoms with E-state index in [2.05, 4.69) is 20.7 Å². The fourth-order valence-corrected chi connectivity index (χ4v) is 5.26. The van der Waals surface area contributed by atoms with Gasteiger partial charge in [0.2, 0.25) is 0 Å². The molecule has 1 saturated heterocycles. The molecule has 2 aromatic carbocycles. The van der Waals surface area contributed by atoms with E-state index >= 15 is 0 Å². The number of hydrogen-bond donors (Lipinski definition) is 3. The van der Waals surface area contributed by atoms with Gasteiger partial charge < -0.3 is 24.6 Å². The van der Waals surface area contributed by atoms with Crippen molar-refractivity contribution in [3.63, 3.8) is 0 Å². The first kappa shape index (κ1) is 25.9. The normalized spacial score (nSPS) is 16.5. The maximum Gasteiger partial charge on any atom is 0.573 e. The van der Waals surface area contributed by atoms with Crippen LogP contribution in [0.5, 0.6) is 17.2 Å². The van der Waals surface area contributed by atoms with E-state index in [9.17, 15) is 36.6 Å². The van der Waals surface area contributed by atoms with Gasteiger partial charge in [-0.1, -0.05) is 15.9 Å². The first-order chi connectivity index (χ1) is 15.8. The average Bonchev–Trinajstić information content (AvgIpc) is 3.18. The number of methoxy groups -OCH3 is 1. The van der Waals surface area contributed by atoms with Crippen molar-refractivity contribution < 1.29 is 46.1 Å². The number of ether oxygens (including phenoxy) is 2. The highest BCUT2D eigenvalue weighted by molar-refractivity contribution is 9.10. The molecule has 1 fully saturated rings. The summed E-state index contributed by atoms with van der Waals surface area (Å²) in [5.74, 6) is -3.29. The molecule has 9 nitrogen and oxygen atoms in total. The molecule has 1 aliphatic heterocycles. The van der Waals surface area contributed by atoms with E-state index in [1.165, 1.54) is 18.1 Å². The molecule has 186 valence electrons. The molecule has 1 atom stereocenters. The number of alkyl halides is 3. The number of nitrogens with zero attached hydrogens (tertiary/aromatic N) is 1. The third-order valence-electron chi connectivity index (χ3n) is 5.00. The summed E-state index contributed by atoms with van der Waals surface area (Å²) in [6.45, 7) is 0.441. The van der Waals surface area contributed by atoms with Crippen LogP contribution in [0.1, 0.15) is 23.2 Å². The molecule has 0 spiro atoms. The molecule has 0 aliphatic carbocycles. The van der Waals surface area contributed by atoms with Crippen LogP contribution in [-0.2, 0) is 14.8 Å². The van der Waals surface area contributed by atoms with Crippen LogP contribution in [0, 0.1) is 0 Å². The SMILES string of the molecule is COC[C@@H]1CCCN1C(=O)c1cc(OC(F)(F)F)cc(NS(=O)(=O)c2cc(Br)ccc2O)c1O. The number of halogens is 4. The van der Waals surface area contributed by atoms with Crippen molar-refractivity contribution >= 4 is 37.5 Å². The minimum Gasteiger partial charge on any atom is -0.507 e. The molecule has 3 rings (SSSR count). The van der Waals surface area contributed by atoms with E-state index in [0.29, 0.717) is 25.0 Å². The fourth-order valence-electron chi connectivity index (χ4n) is 3.57. The second-order valence-electron chi connectivity index (χ2n) is 7.38. The summed E-state index contributed by atoms with van der Waals surface area (Å²) in [4.78, 5) is 13.8. The Morgan fingerprint density at radius 2 is 1.97 bits per heavy atom. The molecule has 2 aromatic rings. The van der Waals surface area contributed by atoms with Crippen LogP contribution in [0.25, 0.3) is 0 Å². The maximum absolute atomic E-state index is 13.1. The molecule has 0 bridgehead atoms. The quantitative estimate of drug-likeness (QED) is 0.433. The number of aromatic hydroxyl groups is 2. The number of carbonyl (C=O) groups excluding carboxylic acids is 1. The Morgan fingerprint density at radius 3 is 2.62 bits per heavy atom. The van der Waals surface area contributed by atoms with Gasteiger partial charge in [0.05, 0.1) is 23.9 Å². The smallest absolute Gasteiger partial charge is 0.507 e. The summed E-state index contributed by atoms with van der Waals surface area (Å²) < 4.78 is 75.5. The number of amides is 1. The van der Waals surface area contributed by atoms with Gasteiger partial charge in [0, 0.05) is 24.2 Å². The van der Waals surface area contributed by atoms with E-state index < -0.39 is 55.7 Å². The van der Waals surface area contributed by atoms with E-state index in [0.717, 1.165) is 12.1 Å². The van der Waals surface area contributed by atoms with Gasteiger partial charge in [0.15, 0.2) is 5.75 Å². The summed E-state index contributed by atoms with van der Waals surface area (Å²) >= 11 is 3.06. The van der Waals surface area contributed by atoms with Crippen LogP contribution in [0.3, 0.4) is 0 Å². The van der Waals surface area contributed by atoms with Crippen molar-refractivity contribution in [3.8, 4) is 17.2 Å². The number of sulfonamides is 1. The van der Waals surface area contributed by atoms with E-state index in [4.69, 9.17) is 4.74 Å². The molecule has 1 amide bonds. The van der Waals surface area contributed by atoms with Crippen molar-refractivity contribution in [3.05, 3.63) is 40.4 Å². The highest BCUT2D eigenvalue weighted by Gasteiger charge is 2.35. The van der Waals surface area contributed by atoms with Gasteiger partial charge in [-0.15, -0.1) is 13.2 Å². The number of phenols is 2.